The highest BCUT2D eigenvalue weighted by molar-refractivity contribution is 5.45. The fourth-order valence-corrected chi connectivity index (χ4v) is 2.31. The molecule has 1 aromatic heterocycles. The van der Waals surface area contributed by atoms with Gasteiger partial charge in [0.1, 0.15) is 5.76 Å². The molecule has 1 aromatic carbocycles. The number of methoxy groups -OCH3 is 2. The molecule has 0 spiro atoms. The van der Waals surface area contributed by atoms with Crippen molar-refractivity contribution in [3.63, 3.8) is 0 Å². The van der Waals surface area contributed by atoms with Gasteiger partial charge < -0.3 is 14.0 Å². The number of ether oxygens (including phenoxy) is 2. The topological polar surface area (TPSA) is 68.3 Å². The van der Waals surface area contributed by atoms with Crippen molar-refractivity contribution < 1.29 is 14.0 Å². The molecule has 0 amide bonds. The van der Waals surface area contributed by atoms with E-state index in [2.05, 4.69) is 11.2 Å². The second kappa shape index (κ2) is 6.31. The zero-order valence-corrected chi connectivity index (χ0v) is 12.6. The summed E-state index contributed by atoms with van der Waals surface area (Å²) in [4.78, 5) is 0. The molecule has 0 bridgehead atoms. The second-order valence-corrected chi connectivity index (χ2v) is 4.80. The van der Waals surface area contributed by atoms with Crippen LogP contribution >= 0.6 is 0 Å². The molecule has 0 aliphatic carbocycles. The van der Waals surface area contributed by atoms with E-state index in [9.17, 15) is 5.26 Å². The molecule has 110 valence electrons. The van der Waals surface area contributed by atoms with Crippen LogP contribution in [0.25, 0.3) is 0 Å². The normalized spacial score (nSPS) is 11.8. The fraction of sp³-hybridized carbons (Fsp3) is 0.375. The minimum Gasteiger partial charge on any atom is -0.493 e. The number of nitriles is 1. The lowest BCUT2D eigenvalue weighted by atomic mass is 9.92. The summed E-state index contributed by atoms with van der Waals surface area (Å²) in [5, 5.41) is 13.4. The van der Waals surface area contributed by atoms with Gasteiger partial charge in [0, 0.05) is 5.56 Å². The molecular weight excluding hydrogens is 268 g/mol. The lowest BCUT2D eigenvalue weighted by Crippen LogP contribution is -2.03. The molecule has 0 aliphatic rings. The maximum absolute atomic E-state index is 9.48. The van der Waals surface area contributed by atoms with E-state index < -0.39 is 0 Å². The molecule has 5 nitrogen and oxygen atoms in total. The Bertz CT molecular complexity index is 651. The van der Waals surface area contributed by atoms with Gasteiger partial charge in [-0.2, -0.15) is 5.26 Å². The first kappa shape index (κ1) is 14.9. The van der Waals surface area contributed by atoms with Crippen molar-refractivity contribution in [3.8, 4) is 17.6 Å². The lowest BCUT2D eigenvalue weighted by molar-refractivity contribution is 0.354. The summed E-state index contributed by atoms with van der Waals surface area (Å²) in [7, 11) is 3.17. The summed E-state index contributed by atoms with van der Waals surface area (Å²) in [6.45, 7) is 3.74. The van der Waals surface area contributed by atoms with Gasteiger partial charge in [-0.1, -0.05) is 11.2 Å². The Labute approximate surface area is 124 Å². The summed E-state index contributed by atoms with van der Waals surface area (Å²) < 4.78 is 15.7. The third-order valence-electron chi connectivity index (χ3n) is 3.56. The number of rotatable bonds is 5. The number of hydrogen-bond donors (Lipinski definition) is 0. The van der Waals surface area contributed by atoms with Crippen LogP contribution in [0.5, 0.6) is 11.5 Å². The summed E-state index contributed by atoms with van der Waals surface area (Å²) in [5.41, 5.74) is 2.69. The summed E-state index contributed by atoms with van der Waals surface area (Å²) in [6, 6.07) is 7.87. The predicted molar refractivity (Wildman–Crippen MR) is 77.6 cm³/mol. The molecule has 1 unspecified atom stereocenters. The Morgan fingerprint density at radius 1 is 1.24 bits per heavy atom. The second-order valence-electron chi connectivity index (χ2n) is 4.80. The van der Waals surface area contributed by atoms with Gasteiger partial charge >= 0.3 is 0 Å². The molecule has 1 atom stereocenters. The monoisotopic (exact) mass is 286 g/mol. The quantitative estimate of drug-likeness (QED) is 0.844. The predicted octanol–water partition coefficient (Wildman–Crippen LogP) is 3.16. The van der Waals surface area contributed by atoms with E-state index in [-0.39, 0.29) is 5.92 Å². The highest BCUT2D eigenvalue weighted by atomic mass is 16.5. The molecule has 0 fully saturated rings. The van der Waals surface area contributed by atoms with Crippen LogP contribution in [0.4, 0.5) is 0 Å². The molecule has 2 rings (SSSR count). The van der Waals surface area contributed by atoms with Gasteiger partial charge in [0.05, 0.1) is 31.9 Å². The van der Waals surface area contributed by atoms with Gasteiger partial charge in [-0.25, -0.2) is 0 Å². The van der Waals surface area contributed by atoms with Gasteiger partial charge in [0.25, 0.3) is 0 Å². The fourth-order valence-electron chi connectivity index (χ4n) is 2.31. The van der Waals surface area contributed by atoms with Gasteiger partial charge in [-0.15, -0.1) is 0 Å². The Kier molecular flexibility index (Phi) is 4.49. The van der Waals surface area contributed by atoms with Crippen LogP contribution in [-0.2, 0) is 6.42 Å². The average Bonchev–Trinajstić information content (AvgIpc) is 2.83. The van der Waals surface area contributed by atoms with Crippen LogP contribution in [-0.4, -0.2) is 19.4 Å². The van der Waals surface area contributed by atoms with E-state index in [0.29, 0.717) is 17.9 Å². The number of hydrogen-bond acceptors (Lipinski definition) is 5. The van der Waals surface area contributed by atoms with Gasteiger partial charge in [-0.05, 0) is 38.0 Å². The molecule has 2 aromatic rings. The van der Waals surface area contributed by atoms with Crippen molar-refractivity contribution in [3.05, 3.63) is 40.8 Å². The van der Waals surface area contributed by atoms with Crippen molar-refractivity contribution in [1.29, 1.82) is 5.26 Å². The molecule has 5 heteroatoms. The third-order valence-corrected chi connectivity index (χ3v) is 3.56. The molecular formula is C16H18N2O3. The van der Waals surface area contributed by atoms with E-state index in [4.69, 9.17) is 14.0 Å². The van der Waals surface area contributed by atoms with E-state index in [0.717, 1.165) is 22.6 Å². The zero-order chi connectivity index (χ0) is 15.4. The molecule has 21 heavy (non-hydrogen) atoms. The highest BCUT2D eigenvalue weighted by Crippen LogP contribution is 2.32. The van der Waals surface area contributed by atoms with Crippen molar-refractivity contribution in [2.24, 2.45) is 0 Å². The summed E-state index contributed by atoms with van der Waals surface area (Å²) >= 11 is 0. The Hall–Kier alpha value is -2.48. The van der Waals surface area contributed by atoms with Crippen molar-refractivity contribution in [2.75, 3.05) is 14.2 Å². The Morgan fingerprint density at radius 2 is 1.95 bits per heavy atom. The number of benzene rings is 1. The Balaban J connectivity index is 2.32. The van der Waals surface area contributed by atoms with Crippen LogP contribution in [0, 0.1) is 25.2 Å². The number of nitrogens with zero attached hydrogens (tertiary/aromatic N) is 2. The molecule has 0 radical (unpaired) electrons. The first-order valence-electron chi connectivity index (χ1n) is 6.64. The van der Waals surface area contributed by atoms with E-state index in [1.807, 2.05) is 32.0 Å². The standard InChI is InChI=1S/C16H18N2O3/c1-10-14(11(2)21-18-10)7-13(9-17)12-5-6-15(19-3)16(8-12)20-4/h5-6,8,13H,7H2,1-4H3. The smallest absolute Gasteiger partial charge is 0.161 e. The maximum Gasteiger partial charge on any atom is 0.161 e. The largest absolute Gasteiger partial charge is 0.493 e. The van der Waals surface area contributed by atoms with Crippen molar-refractivity contribution in [1.82, 2.24) is 5.16 Å². The SMILES string of the molecule is COc1ccc(C(C#N)Cc2c(C)noc2C)cc1OC. The highest BCUT2D eigenvalue weighted by Gasteiger charge is 2.19. The van der Waals surface area contributed by atoms with E-state index >= 15 is 0 Å². The van der Waals surface area contributed by atoms with Crippen molar-refractivity contribution >= 4 is 0 Å². The van der Waals surface area contributed by atoms with Crippen LogP contribution in [0.1, 0.15) is 28.5 Å². The number of aromatic nitrogens is 1. The summed E-state index contributed by atoms with van der Waals surface area (Å²) in [6.07, 6.45) is 0.563. The first-order chi connectivity index (χ1) is 10.1. The maximum atomic E-state index is 9.48. The molecule has 0 aliphatic heterocycles. The van der Waals surface area contributed by atoms with Gasteiger partial charge in [-0.3, -0.25) is 0 Å². The van der Waals surface area contributed by atoms with Gasteiger partial charge in [0.2, 0.25) is 0 Å². The number of aryl methyl sites for hydroxylation is 2. The van der Waals surface area contributed by atoms with Crippen LogP contribution in [0.2, 0.25) is 0 Å². The Morgan fingerprint density at radius 3 is 2.48 bits per heavy atom. The minimum atomic E-state index is -0.290. The van der Waals surface area contributed by atoms with Crippen LogP contribution in [0.15, 0.2) is 22.7 Å². The van der Waals surface area contributed by atoms with Crippen LogP contribution in [0.3, 0.4) is 0 Å². The third kappa shape index (κ3) is 3.00. The molecule has 0 saturated carbocycles. The van der Waals surface area contributed by atoms with Crippen LogP contribution < -0.4 is 9.47 Å². The van der Waals surface area contributed by atoms with E-state index in [1.54, 1.807) is 14.2 Å². The van der Waals surface area contributed by atoms with Crippen molar-refractivity contribution in [2.45, 2.75) is 26.2 Å². The molecule has 0 saturated heterocycles. The lowest BCUT2D eigenvalue weighted by Gasteiger charge is -2.13. The van der Waals surface area contributed by atoms with E-state index in [1.165, 1.54) is 0 Å². The summed E-state index contributed by atoms with van der Waals surface area (Å²) in [5.74, 6) is 1.74. The molecule has 0 N–H and O–H groups in total. The van der Waals surface area contributed by atoms with Gasteiger partial charge in [0.15, 0.2) is 11.5 Å². The average molecular weight is 286 g/mol. The first-order valence-corrected chi connectivity index (χ1v) is 6.64. The zero-order valence-electron chi connectivity index (χ0n) is 12.6. The minimum absolute atomic E-state index is 0.290. The molecule has 1 heterocycles.